The van der Waals surface area contributed by atoms with Gasteiger partial charge in [0.1, 0.15) is 61.3 Å². The van der Waals surface area contributed by atoms with Crippen molar-refractivity contribution in [2.75, 3.05) is 168 Å². The molecule has 29 N–H and O–H groups in total. The third-order valence-corrected chi connectivity index (χ3v) is 11.7. The van der Waals surface area contributed by atoms with Crippen LogP contribution in [0.2, 0.25) is 0 Å². The van der Waals surface area contributed by atoms with E-state index in [-0.39, 0.29) is 46.2 Å². The normalized spacial score (nSPS) is 11.0. The SMILES string of the molecule is CCCCC(O)COc1ccc(N)cc1N.CCN(CC)CCOc1ccc(N)cc1N.CN(C)CCCOc1ccc(N)cc1N.Nc1cc(N)cc(CO)c1.Nc1cc(NCCO)ccc1OCCO.Nc1ccc(OCC(O)CO)c(N)c1. The fourth-order valence-electron chi connectivity index (χ4n) is 7.11. The van der Waals surface area contributed by atoms with Crippen molar-refractivity contribution in [3.8, 4) is 28.7 Å². The second kappa shape index (κ2) is 44.1. The number of nitrogens with one attached hydrogen (secondary N) is 1. The highest BCUT2D eigenvalue weighted by Crippen LogP contribution is 2.28. The minimum absolute atomic E-state index is 0.00458. The second-order valence-electron chi connectivity index (χ2n) is 19.5. The number of nitrogens with zero attached hydrogens (tertiary/aromatic N) is 2. The number of nitrogens with two attached hydrogens (primary N) is 11. The number of likely N-dealkylation sites (N-methyl/N-ethyl adjacent to an activating group) is 1. The van der Waals surface area contributed by atoms with E-state index in [1.54, 1.807) is 103 Å². The van der Waals surface area contributed by atoms with Crippen LogP contribution in [0, 0.1) is 0 Å². The van der Waals surface area contributed by atoms with Crippen molar-refractivity contribution < 1.29 is 54.3 Å². The summed E-state index contributed by atoms with van der Waals surface area (Å²) in [6, 6.07) is 30.8. The number of hydrogen-bond donors (Lipinski definition) is 18. The molecule has 0 saturated carbocycles. The largest absolute Gasteiger partial charge is 0.491 e. The molecular formula is C61H100N14O11. The number of anilines is 12. The zero-order valence-electron chi connectivity index (χ0n) is 50.7. The van der Waals surface area contributed by atoms with Crippen LogP contribution in [0.15, 0.2) is 109 Å². The van der Waals surface area contributed by atoms with Crippen molar-refractivity contribution in [1.82, 2.24) is 9.80 Å². The standard InChI is InChI=1S/C12H21N3O.C12H20N2O2.C11H19N3O.C10H16N2O3.C9H14N2O3.C7H10N2O/c1-3-15(4-2)7-8-16-12-6-5-10(13)9-11(12)14;1-2-3-4-10(15)8-16-12-6-5-9(13)7-11(12)14;1-14(2)6-3-7-15-11-5-4-9(12)8-10(11)13;11-9-7-8(12-3-4-13)1-2-10(9)15-6-5-14;10-6-1-2-9(8(11)3-6)14-5-7(13)4-12;8-6-1-5(4-10)2-7(9)3-6/h5-6,9H,3-4,7-8,13-14H2,1-2H3;5-7,10,15H,2-4,8,13-14H2,1H3;4-5,8H,3,6-7,12-13H2,1-2H3;1-2,7,12-14H,3-6,11H2;1-3,7,12-13H,4-5,10-11H2;1-3,10H,4,8-9H2. The number of benzene rings is 6. The molecule has 25 heteroatoms. The van der Waals surface area contributed by atoms with Gasteiger partial charge in [-0.1, -0.05) is 33.6 Å². The summed E-state index contributed by atoms with van der Waals surface area (Å²) in [6.45, 7) is 12.4. The van der Waals surface area contributed by atoms with Gasteiger partial charge in [0.05, 0.1) is 67.6 Å². The van der Waals surface area contributed by atoms with Gasteiger partial charge >= 0.3 is 0 Å². The van der Waals surface area contributed by atoms with Crippen LogP contribution < -0.4 is 92.1 Å². The topological polar surface area (TPSA) is 472 Å². The molecule has 6 aromatic rings. The molecule has 480 valence electrons. The molecule has 0 saturated heterocycles. The molecule has 0 aliphatic rings. The number of unbranched alkanes of at least 4 members (excludes halogenated alkanes) is 1. The van der Waals surface area contributed by atoms with E-state index in [2.05, 4.69) is 35.9 Å². The van der Waals surface area contributed by atoms with Gasteiger partial charge in [-0.3, -0.25) is 0 Å². The predicted molar refractivity (Wildman–Crippen MR) is 353 cm³/mol. The molecular weight excluding hydrogens is 1100 g/mol. The molecule has 0 fully saturated rings. The van der Waals surface area contributed by atoms with Crippen molar-refractivity contribution in [3.63, 3.8) is 0 Å². The van der Waals surface area contributed by atoms with Gasteiger partial charge in [0, 0.05) is 59.4 Å². The fourth-order valence-corrected chi connectivity index (χ4v) is 7.11. The summed E-state index contributed by atoms with van der Waals surface area (Å²) >= 11 is 0. The molecule has 2 atom stereocenters. The third-order valence-electron chi connectivity index (χ3n) is 11.7. The van der Waals surface area contributed by atoms with Gasteiger partial charge in [0.2, 0.25) is 0 Å². The first-order valence-corrected chi connectivity index (χ1v) is 28.2. The lowest BCUT2D eigenvalue weighted by Gasteiger charge is -2.18. The summed E-state index contributed by atoms with van der Waals surface area (Å²) in [6.07, 6.45) is 2.48. The average molecular weight is 1210 g/mol. The average Bonchev–Trinajstić information content (AvgIpc) is 3.65. The molecule has 0 amide bonds. The molecule has 86 heavy (non-hydrogen) atoms. The minimum atomic E-state index is -0.896. The van der Waals surface area contributed by atoms with Gasteiger partial charge in [-0.2, -0.15) is 0 Å². The summed E-state index contributed by atoms with van der Waals surface area (Å²) in [4.78, 5) is 4.42. The van der Waals surface area contributed by atoms with Crippen LogP contribution in [0.4, 0.5) is 68.2 Å². The van der Waals surface area contributed by atoms with E-state index in [0.29, 0.717) is 111 Å². The van der Waals surface area contributed by atoms with Gasteiger partial charge in [-0.05, 0) is 155 Å². The molecule has 0 aromatic heterocycles. The molecule has 0 bridgehead atoms. The van der Waals surface area contributed by atoms with Gasteiger partial charge < -0.3 is 133 Å². The molecule has 0 spiro atoms. The maximum Gasteiger partial charge on any atom is 0.142 e. The van der Waals surface area contributed by atoms with Gasteiger partial charge in [-0.15, -0.1) is 0 Å². The smallest absolute Gasteiger partial charge is 0.142 e. The Balaban J connectivity index is 0.000000518. The Morgan fingerprint density at radius 3 is 1.24 bits per heavy atom. The Bertz CT molecular complexity index is 2740. The van der Waals surface area contributed by atoms with Gasteiger partial charge in [0.25, 0.3) is 0 Å². The van der Waals surface area contributed by atoms with E-state index in [1.807, 2.05) is 20.2 Å². The number of ether oxygens (including phenoxy) is 5. The van der Waals surface area contributed by atoms with Crippen LogP contribution in [0.5, 0.6) is 28.7 Å². The van der Waals surface area contributed by atoms with Crippen molar-refractivity contribution >= 4 is 68.2 Å². The first kappa shape index (κ1) is 75.6. The number of aliphatic hydroxyl groups is 6. The van der Waals surface area contributed by atoms with Crippen LogP contribution in [0.25, 0.3) is 0 Å². The van der Waals surface area contributed by atoms with E-state index >= 15 is 0 Å². The summed E-state index contributed by atoms with van der Waals surface area (Å²) in [5.74, 6) is 3.00. The number of hydrogen-bond acceptors (Lipinski definition) is 25. The van der Waals surface area contributed by atoms with E-state index in [0.717, 1.165) is 63.1 Å². The molecule has 6 rings (SSSR count). The predicted octanol–water partition coefficient (Wildman–Crippen LogP) is 4.50. The lowest BCUT2D eigenvalue weighted by molar-refractivity contribution is 0.0538. The first-order valence-electron chi connectivity index (χ1n) is 28.2. The van der Waals surface area contributed by atoms with Crippen molar-refractivity contribution in [2.45, 2.75) is 65.3 Å². The molecule has 6 aromatic carbocycles. The van der Waals surface area contributed by atoms with Crippen LogP contribution in [-0.4, -0.2) is 152 Å². The van der Waals surface area contributed by atoms with Crippen LogP contribution >= 0.6 is 0 Å². The summed E-state index contributed by atoms with van der Waals surface area (Å²) in [5, 5.41) is 56.0. The lowest BCUT2D eigenvalue weighted by Crippen LogP contribution is -2.28. The Labute approximate surface area is 507 Å². The molecule has 0 heterocycles. The quantitative estimate of drug-likeness (QED) is 0.0237. The lowest BCUT2D eigenvalue weighted by atomic mass is 10.2. The first-order chi connectivity index (χ1) is 41.0. The number of nitrogen functional groups attached to an aromatic ring is 11. The highest BCUT2D eigenvalue weighted by Gasteiger charge is 2.09. The van der Waals surface area contributed by atoms with E-state index < -0.39 is 12.2 Å². The van der Waals surface area contributed by atoms with Crippen molar-refractivity contribution in [1.29, 1.82) is 0 Å². The number of aliphatic hydroxyl groups excluding tert-OH is 6. The molecule has 0 aliphatic carbocycles. The second-order valence-corrected chi connectivity index (χ2v) is 19.5. The minimum Gasteiger partial charge on any atom is -0.491 e. The van der Waals surface area contributed by atoms with Crippen LogP contribution in [-0.2, 0) is 6.61 Å². The van der Waals surface area contributed by atoms with E-state index in [9.17, 15) is 5.11 Å². The Morgan fingerprint density at radius 1 is 0.442 bits per heavy atom. The molecule has 2 unspecified atom stereocenters. The number of rotatable bonds is 28. The summed E-state index contributed by atoms with van der Waals surface area (Å²) < 4.78 is 26.9. The molecule has 0 aliphatic heterocycles. The van der Waals surface area contributed by atoms with E-state index in [1.165, 1.54) is 0 Å². The van der Waals surface area contributed by atoms with Gasteiger partial charge in [-0.25, -0.2) is 0 Å². The van der Waals surface area contributed by atoms with Gasteiger partial charge in [0.15, 0.2) is 0 Å². The van der Waals surface area contributed by atoms with Crippen molar-refractivity contribution in [2.24, 2.45) is 0 Å². The zero-order valence-corrected chi connectivity index (χ0v) is 50.7. The van der Waals surface area contributed by atoms with Crippen molar-refractivity contribution in [3.05, 3.63) is 115 Å². The highest BCUT2D eigenvalue weighted by molar-refractivity contribution is 5.64. The zero-order chi connectivity index (χ0) is 64.4. The Kier molecular flexibility index (Phi) is 38.8. The van der Waals surface area contributed by atoms with Crippen LogP contribution in [0.1, 0.15) is 52.0 Å². The summed E-state index contributed by atoms with van der Waals surface area (Å²) in [7, 11) is 4.08. The third kappa shape index (κ3) is 33.8. The fraction of sp³-hybridized carbons (Fsp3) is 0.410. The Hall–Kier alpha value is -8.40. The Morgan fingerprint density at radius 2 is 0.860 bits per heavy atom. The maximum atomic E-state index is 9.60. The highest BCUT2D eigenvalue weighted by atomic mass is 16.5. The monoisotopic (exact) mass is 1200 g/mol. The van der Waals surface area contributed by atoms with E-state index in [4.69, 9.17) is 112 Å². The summed E-state index contributed by atoms with van der Waals surface area (Å²) in [5.41, 5.74) is 69.5. The van der Waals surface area contributed by atoms with Crippen LogP contribution in [0.3, 0.4) is 0 Å². The molecule has 25 nitrogen and oxygen atoms in total. The maximum absolute atomic E-state index is 9.60. The molecule has 0 radical (unpaired) electrons.